The Morgan fingerprint density at radius 3 is 2.54 bits per heavy atom. The Morgan fingerprint density at radius 2 is 1.92 bits per heavy atom. The molecule has 3 rings (SSSR count). The zero-order valence-corrected chi connectivity index (χ0v) is 7.74. The van der Waals surface area contributed by atoms with Crippen LogP contribution in [0.15, 0.2) is 30.3 Å². The van der Waals surface area contributed by atoms with Crippen LogP contribution in [0.5, 0.6) is 0 Å². The van der Waals surface area contributed by atoms with E-state index in [2.05, 4.69) is 35.6 Å². The van der Waals surface area contributed by atoms with E-state index in [0.29, 0.717) is 0 Å². The van der Waals surface area contributed by atoms with Gasteiger partial charge in [-0.1, -0.05) is 30.3 Å². The maximum atomic E-state index is 3.68. The minimum Gasteiger partial charge on any atom is -0.311 e. The van der Waals surface area contributed by atoms with E-state index in [9.17, 15) is 0 Å². The van der Waals surface area contributed by atoms with Crippen LogP contribution < -0.4 is 5.32 Å². The highest BCUT2D eigenvalue weighted by Crippen LogP contribution is 2.39. The molecule has 2 bridgehead atoms. The molecule has 1 aromatic rings. The van der Waals surface area contributed by atoms with Gasteiger partial charge in [0.1, 0.15) is 0 Å². The average molecular weight is 173 g/mol. The Bertz CT molecular complexity index is 293. The van der Waals surface area contributed by atoms with Crippen LogP contribution in [-0.4, -0.2) is 12.1 Å². The van der Waals surface area contributed by atoms with E-state index in [0.717, 1.165) is 18.0 Å². The van der Waals surface area contributed by atoms with E-state index in [4.69, 9.17) is 0 Å². The summed E-state index contributed by atoms with van der Waals surface area (Å²) in [6, 6.07) is 12.5. The van der Waals surface area contributed by atoms with Crippen molar-refractivity contribution in [1.29, 1.82) is 0 Å². The molecule has 0 radical (unpaired) electrons. The predicted molar refractivity (Wildman–Crippen MR) is 53.7 cm³/mol. The first-order valence-electron chi connectivity index (χ1n) is 5.24. The van der Waals surface area contributed by atoms with Crippen LogP contribution in [-0.2, 0) is 0 Å². The van der Waals surface area contributed by atoms with Crippen molar-refractivity contribution in [2.24, 2.45) is 0 Å². The maximum Gasteiger partial charge on any atom is 0.0139 e. The summed E-state index contributed by atoms with van der Waals surface area (Å²) in [5.41, 5.74) is 1.53. The van der Waals surface area contributed by atoms with Gasteiger partial charge in [0.05, 0.1) is 0 Å². The van der Waals surface area contributed by atoms with Gasteiger partial charge in [-0.05, 0) is 24.8 Å². The molecule has 2 heterocycles. The Balaban J connectivity index is 1.87. The van der Waals surface area contributed by atoms with E-state index in [1.807, 2.05) is 0 Å². The highest BCUT2D eigenvalue weighted by Gasteiger charge is 2.39. The van der Waals surface area contributed by atoms with Crippen molar-refractivity contribution in [2.45, 2.75) is 37.3 Å². The lowest BCUT2D eigenvalue weighted by Crippen LogP contribution is -2.21. The minimum absolute atomic E-state index is 0.771. The van der Waals surface area contributed by atoms with Gasteiger partial charge in [0.2, 0.25) is 0 Å². The van der Waals surface area contributed by atoms with E-state index in [1.165, 1.54) is 24.8 Å². The maximum absolute atomic E-state index is 3.68. The number of nitrogens with one attached hydrogen (secondary N) is 1. The largest absolute Gasteiger partial charge is 0.311 e. The van der Waals surface area contributed by atoms with Gasteiger partial charge >= 0.3 is 0 Å². The molecule has 2 aliphatic heterocycles. The molecule has 1 unspecified atom stereocenters. The second-order valence-corrected chi connectivity index (χ2v) is 4.30. The summed E-state index contributed by atoms with van der Waals surface area (Å²) < 4.78 is 0. The van der Waals surface area contributed by atoms with Crippen molar-refractivity contribution in [3.8, 4) is 0 Å². The van der Waals surface area contributed by atoms with Crippen LogP contribution in [0.4, 0.5) is 0 Å². The van der Waals surface area contributed by atoms with Crippen molar-refractivity contribution >= 4 is 0 Å². The van der Waals surface area contributed by atoms with Crippen LogP contribution in [0.1, 0.15) is 30.7 Å². The number of fused-ring (bicyclic) bond motifs is 2. The zero-order valence-electron chi connectivity index (χ0n) is 7.74. The fourth-order valence-electron chi connectivity index (χ4n) is 2.89. The molecule has 1 N–H and O–H groups in total. The van der Waals surface area contributed by atoms with Gasteiger partial charge in [0.25, 0.3) is 0 Å². The first-order chi connectivity index (χ1) is 6.43. The summed E-state index contributed by atoms with van der Waals surface area (Å²) in [5.74, 6) is 0.792. The first kappa shape index (κ1) is 7.57. The molecule has 0 saturated carbocycles. The predicted octanol–water partition coefficient (Wildman–Crippen LogP) is 2.29. The van der Waals surface area contributed by atoms with E-state index in [1.54, 1.807) is 0 Å². The summed E-state index contributed by atoms with van der Waals surface area (Å²) in [4.78, 5) is 0. The molecule has 2 aliphatic rings. The lowest BCUT2D eigenvalue weighted by Gasteiger charge is -2.20. The summed E-state index contributed by atoms with van der Waals surface area (Å²) in [5, 5.41) is 3.68. The van der Waals surface area contributed by atoms with Crippen LogP contribution in [0, 0.1) is 0 Å². The van der Waals surface area contributed by atoms with Crippen LogP contribution in [0.2, 0.25) is 0 Å². The van der Waals surface area contributed by atoms with Gasteiger partial charge in [0, 0.05) is 18.0 Å². The first-order valence-corrected chi connectivity index (χ1v) is 5.24. The molecule has 1 nitrogen and oxygen atoms in total. The van der Waals surface area contributed by atoms with E-state index < -0.39 is 0 Å². The van der Waals surface area contributed by atoms with Gasteiger partial charge in [-0.3, -0.25) is 0 Å². The standard InChI is InChI=1S/C12H15N/c1-2-4-9(5-3-1)11-8-10-6-7-12(11)13-10/h1-5,10-13H,6-8H2/t10-,11?,12+/m1/s1. The number of hydrogen-bond acceptors (Lipinski definition) is 1. The van der Waals surface area contributed by atoms with Crippen molar-refractivity contribution in [3.05, 3.63) is 35.9 Å². The smallest absolute Gasteiger partial charge is 0.0139 e. The van der Waals surface area contributed by atoms with Gasteiger partial charge in [0.15, 0.2) is 0 Å². The van der Waals surface area contributed by atoms with Crippen molar-refractivity contribution in [1.82, 2.24) is 5.32 Å². The van der Waals surface area contributed by atoms with Crippen molar-refractivity contribution in [2.75, 3.05) is 0 Å². The van der Waals surface area contributed by atoms with Gasteiger partial charge in [-0.2, -0.15) is 0 Å². The van der Waals surface area contributed by atoms with Crippen LogP contribution in [0.3, 0.4) is 0 Å². The normalized spacial score (nSPS) is 36.8. The third-order valence-corrected chi connectivity index (χ3v) is 3.53. The molecule has 2 saturated heterocycles. The molecule has 0 spiro atoms. The molecular weight excluding hydrogens is 158 g/mol. The molecule has 0 aliphatic carbocycles. The fourth-order valence-corrected chi connectivity index (χ4v) is 2.89. The fraction of sp³-hybridized carbons (Fsp3) is 0.500. The molecule has 3 atom stereocenters. The monoisotopic (exact) mass is 173 g/mol. The molecule has 0 amide bonds. The molecule has 2 fully saturated rings. The summed E-state index contributed by atoms with van der Waals surface area (Å²) >= 11 is 0. The molecule has 68 valence electrons. The van der Waals surface area contributed by atoms with Gasteiger partial charge < -0.3 is 5.32 Å². The quantitative estimate of drug-likeness (QED) is 0.687. The Morgan fingerprint density at radius 1 is 1.08 bits per heavy atom. The number of rotatable bonds is 1. The molecular formula is C12H15N. The lowest BCUT2D eigenvalue weighted by molar-refractivity contribution is 0.506. The molecule has 13 heavy (non-hydrogen) atoms. The minimum atomic E-state index is 0.771. The highest BCUT2D eigenvalue weighted by atomic mass is 15.0. The van der Waals surface area contributed by atoms with Gasteiger partial charge in [-0.25, -0.2) is 0 Å². The summed E-state index contributed by atoms with van der Waals surface area (Å²) in [7, 11) is 0. The third-order valence-electron chi connectivity index (χ3n) is 3.53. The average Bonchev–Trinajstić information content (AvgIpc) is 2.80. The lowest BCUT2D eigenvalue weighted by atomic mass is 9.84. The topological polar surface area (TPSA) is 12.0 Å². The van der Waals surface area contributed by atoms with Crippen LogP contribution in [0.25, 0.3) is 0 Å². The number of benzene rings is 1. The highest BCUT2D eigenvalue weighted by molar-refractivity contribution is 5.24. The SMILES string of the molecule is c1ccc(C2C[C@H]3CC[C@@H]2N3)cc1. The van der Waals surface area contributed by atoms with Crippen LogP contribution >= 0.6 is 0 Å². The van der Waals surface area contributed by atoms with Crippen molar-refractivity contribution < 1.29 is 0 Å². The second kappa shape index (κ2) is 2.85. The summed E-state index contributed by atoms with van der Waals surface area (Å²) in [6.07, 6.45) is 4.13. The molecule has 1 heteroatoms. The Labute approximate surface area is 79.2 Å². The van der Waals surface area contributed by atoms with Gasteiger partial charge in [-0.15, -0.1) is 0 Å². The summed E-state index contributed by atoms with van der Waals surface area (Å²) in [6.45, 7) is 0. The number of hydrogen-bond donors (Lipinski definition) is 1. The zero-order chi connectivity index (χ0) is 8.67. The second-order valence-electron chi connectivity index (χ2n) is 4.30. The Kier molecular flexibility index (Phi) is 1.66. The van der Waals surface area contributed by atoms with Crippen molar-refractivity contribution in [3.63, 3.8) is 0 Å². The molecule has 1 aromatic carbocycles. The Hall–Kier alpha value is -0.820. The van der Waals surface area contributed by atoms with E-state index in [-0.39, 0.29) is 0 Å². The third kappa shape index (κ3) is 1.19. The van der Waals surface area contributed by atoms with E-state index >= 15 is 0 Å². The molecule has 0 aromatic heterocycles.